The van der Waals surface area contributed by atoms with Crippen LogP contribution in [0.3, 0.4) is 0 Å². The molecule has 2 fully saturated rings. The van der Waals surface area contributed by atoms with Gasteiger partial charge in [0.1, 0.15) is 5.69 Å². The average Bonchev–Trinajstić information content (AvgIpc) is 3.06. The number of piperidine rings is 1. The molecule has 0 radical (unpaired) electrons. The molecule has 0 spiro atoms. The second-order valence-electron chi connectivity index (χ2n) is 6.60. The van der Waals surface area contributed by atoms with Crippen LogP contribution in [0, 0.1) is 0 Å². The fourth-order valence-electron chi connectivity index (χ4n) is 3.64. The standard InChI is InChI=1S/C17H28N4OS.ClH/c1-2-23-15-7-3-5-13(11-15)19-17(22)16-8-10-21(20-16)14-6-4-9-18-12-14;/h8,10,13-15,18H,2-7,9,11-12H2,1H3,(H,19,22);1H. The lowest BCUT2D eigenvalue weighted by atomic mass is 9.95. The molecular formula is C17H29ClN4OS. The lowest BCUT2D eigenvalue weighted by Gasteiger charge is -2.29. The summed E-state index contributed by atoms with van der Waals surface area (Å²) in [6.07, 6.45) is 8.94. The van der Waals surface area contributed by atoms with Gasteiger partial charge in [0.2, 0.25) is 0 Å². The quantitative estimate of drug-likeness (QED) is 0.834. The van der Waals surface area contributed by atoms with Crippen molar-refractivity contribution >= 4 is 30.1 Å². The van der Waals surface area contributed by atoms with Crippen LogP contribution in [0.15, 0.2) is 12.3 Å². The number of carbonyl (C=O) groups excluding carboxylic acids is 1. The van der Waals surface area contributed by atoms with Crippen LogP contribution in [-0.2, 0) is 0 Å². The third-order valence-electron chi connectivity index (χ3n) is 4.85. The lowest BCUT2D eigenvalue weighted by Crippen LogP contribution is -2.39. The molecule has 2 aliphatic rings. The molecule has 0 aromatic carbocycles. The van der Waals surface area contributed by atoms with E-state index in [0.717, 1.165) is 38.1 Å². The molecule has 1 saturated carbocycles. The number of aromatic nitrogens is 2. The Hall–Kier alpha value is -0.720. The molecule has 1 aromatic rings. The summed E-state index contributed by atoms with van der Waals surface area (Å²) in [7, 11) is 0. The molecule has 2 heterocycles. The van der Waals surface area contributed by atoms with Gasteiger partial charge in [-0.2, -0.15) is 16.9 Å². The van der Waals surface area contributed by atoms with Crippen LogP contribution in [0.25, 0.3) is 0 Å². The Morgan fingerprint density at radius 3 is 3.04 bits per heavy atom. The van der Waals surface area contributed by atoms with Gasteiger partial charge in [-0.1, -0.05) is 13.3 Å². The average molecular weight is 373 g/mol. The van der Waals surface area contributed by atoms with Crippen molar-refractivity contribution in [3.05, 3.63) is 18.0 Å². The van der Waals surface area contributed by atoms with Gasteiger partial charge < -0.3 is 10.6 Å². The van der Waals surface area contributed by atoms with Gasteiger partial charge in [0, 0.05) is 24.0 Å². The molecule has 0 bridgehead atoms. The van der Waals surface area contributed by atoms with Crippen molar-refractivity contribution in [3.8, 4) is 0 Å². The number of rotatable bonds is 5. The molecule has 3 unspecified atom stereocenters. The Kier molecular flexibility index (Phi) is 7.91. The second kappa shape index (κ2) is 9.68. The van der Waals surface area contributed by atoms with E-state index in [1.54, 1.807) is 0 Å². The minimum absolute atomic E-state index is 0. The van der Waals surface area contributed by atoms with Crippen molar-refractivity contribution in [2.24, 2.45) is 0 Å². The minimum Gasteiger partial charge on any atom is -0.348 e. The Labute approximate surface area is 155 Å². The molecule has 2 N–H and O–H groups in total. The number of carbonyl (C=O) groups is 1. The molecule has 3 atom stereocenters. The fraction of sp³-hybridized carbons (Fsp3) is 0.765. The van der Waals surface area contributed by atoms with Gasteiger partial charge in [0.15, 0.2) is 0 Å². The van der Waals surface area contributed by atoms with Crippen LogP contribution in [0.2, 0.25) is 0 Å². The first-order valence-corrected chi connectivity index (χ1v) is 9.99. The zero-order valence-electron chi connectivity index (χ0n) is 14.4. The van der Waals surface area contributed by atoms with Crippen LogP contribution in [0.5, 0.6) is 0 Å². The predicted molar refractivity (Wildman–Crippen MR) is 102 cm³/mol. The summed E-state index contributed by atoms with van der Waals surface area (Å²) in [5.74, 6) is 1.14. The number of hydrogen-bond donors (Lipinski definition) is 2. The molecule has 1 aliphatic heterocycles. The van der Waals surface area contributed by atoms with Gasteiger partial charge in [-0.05, 0) is 50.5 Å². The first kappa shape index (κ1) is 19.6. The Morgan fingerprint density at radius 1 is 1.42 bits per heavy atom. The molecule has 1 aliphatic carbocycles. The van der Waals surface area contributed by atoms with Crippen LogP contribution >= 0.6 is 24.2 Å². The van der Waals surface area contributed by atoms with Crippen LogP contribution < -0.4 is 10.6 Å². The SMILES string of the molecule is CCSC1CCCC(NC(=O)c2ccn(C3CCCNC3)n2)C1.Cl. The highest BCUT2D eigenvalue weighted by molar-refractivity contribution is 7.99. The number of thioether (sulfide) groups is 1. The molecule has 1 amide bonds. The molecule has 3 rings (SSSR count). The van der Waals surface area contributed by atoms with Crippen molar-refractivity contribution in [1.29, 1.82) is 0 Å². The number of nitrogens with one attached hydrogen (secondary N) is 2. The molecule has 1 saturated heterocycles. The summed E-state index contributed by atoms with van der Waals surface area (Å²) >= 11 is 2.02. The van der Waals surface area contributed by atoms with E-state index in [2.05, 4.69) is 22.7 Å². The van der Waals surface area contributed by atoms with Crippen LogP contribution in [-0.4, -0.2) is 45.8 Å². The lowest BCUT2D eigenvalue weighted by molar-refractivity contribution is 0.0922. The maximum Gasteiger partial charge on any atom is 0.271 e. The van der Waals surface area contributed by atoms with Crippen molar-refractivity contribution < 1.29 is 4.79 Å². The van der Waals surface area contributed by atoms with Crippen LogP contribution in [0.1, 0.15) is 62.0 Å². The van der Waals surface area contributed by atoms with Crippen molar-refractivity contribution in [1.82, 2.24) is 20.4 Å². The Bertz CT molecular complexity index is 516. The van der Waals surface area contributed by atoms with Gasteiger partial charge in [-0.25, -0.2) is 0 Å². The number of hydrogen-bond acceptors (Lipinski definition) is 4. The maximum absolute atomic E-state index is 12.5. The minimum atomic E-state index is -0.0142. The maximum atomic E-state index is 12.5. The van der Waals surface area contributed by atoms with Gasteiger partial charge in [-0.3, -0.25) is 9.48 Å². The normalized spacial score (nSPS) is 27.3. The van der Waals surface area contributed by atoms with Crippen molar-refractivity contribution in [2.75, 3.05) is 18.8 Å². The van der Waals surface area contributed by atoms with Gasteiger partial charge in [0.25, 0.3) is 5.91 Å². The monoisotopic (exact) mass is 372 g/mol. The highest BCUT2D eigenvalue weighted by Gasteiger charge is 2.24. The van der Waals surface area contributed by atoms with Crippen molar-refractivity contribution in [2.45, 2.75) is 62.8 Å². The van der Waals surface area contributed by atoms with Gasteiger partial charge in [0.05, 0.1) is 6.04 Å². The summed E-state index contributed by atoms with van der Waals surface area (Å²) in [6, 6.07) is 2.54. The smallest absolute Gasteiger partial charge is 0.271 e. The van der Waals surface area contributed by atoms with E-state index in [0.29, 0.717) is 23.0 Å². The number of halogens is 1. The first-order chi connectivity index (χ1) is 11.3. The third kappa shape index (κ3) is 5.14. The molecule has 1 aromatic heterocycles. The zero-order valence-corrected chi connectivity index (χ0v) is 16.0. The zero-order chi connectivity index (χ0) is 16.1. The van der Waals surface area contributed by atoms with E-state index in [4.69, 9.17) is 0 Å². The Morgan fingerprint density at radius 2 is 2.29 bits per heavy atom. The first-order valence-electron chi connectivity index (χ1n) is 8.94. The summed E-state index contributed by atoms with van der Waals surface area (Å²) in [6.45, 7) is 4.24. The molecule has 7 heteroatoms. The highest BCUT2D eigenvalue weighted by Crippen LogP contribution is 2.28. The van der Waals surface area contributed by atoms with E-state index >= 15 is 0 Å². The van der Waals surface area contributed by atoms with E-state index < -0.39 is 0 Å². The summed E-state index contributed by atoms with van der Waals surface area (Å²) < 4.78 is 1.96. The van der Waals surface area contributed by atoms with E-state index in [-0.39, 0.29) is 18.3 Å². The topological polar surface area (TPSA) is 59.0 Å². The van der Waals surface area contributed by atoms with Gasteiger partial charge >= 0.3 is 0 Å². The molecule has 136 valence electrons. The molecular weight excluding hydrogens is 344 g/mol. The van der Waals surface area contributed by atoms with Crippen LogP contribution in [0.4, 0.5) is 0 Å². The van der Waals surface area contributed by atoms with E-state index in [9.17, 15) is 4.79 Å². The number of amides is 1. The fourth-order valence-corrected chi connectivity index (χ4v) is 4.82. The van der Waals surface area contributed by atoms with Crippen molar-refractivity contribution in [3.63, 3.8) is 0 Å². The van der Waals surface area contributed by atoms with E-state index in [1.807, 2.05) is 28.7 Å². The molecule has 24 heavy (non-hydrogen) atoms. The largest absolute Gasteiger partial charge is 0.348 e. The summed E-state index contributed by atoms with van der Waals surface area (Å²) in [4.78, 5) is 12.5. The highest BCUT2D eigenvalue weighted by atomic mass is 35.5. The van der Waals surface area contributed by atoms with E-state index in [1.165, 1.54) is 19.3 Å². The third-order valence-corrected chi connectivity index (χ3v) is 6.08. The predicted octanol–water partition coefficient (Wildman–Crippen LogP) is 3.02. The summed E-state index contributed by atoms with van der Waals surface area (Å²) in [5, 5.41) is 11.8. The second-order valence-corrected chi connectivity index (χ2v) is 8.17. The summed E-state index contributed by atoms with van der Waals surface area (Å²) in [5.41, 5.74) is 0.556. The van der Waals surface area contributed by atoms with Gasteiger partial charge in [-0.15, -0.1) is 12.4 Å². The Balaban J connectivity index is 0.00000208. The number of nitrogens with zero attached hydrogens (tertiary/aromatic N) is 2. The molecule has 5 nitrogen and oxygen atoms in total.